The van der Waals surface area contributed by atoms with Crippen molar-refractivity contribution < 1.29 is 9.53 Å². The molecule has 0 saturated carbocycles. The Kier molecular flexibility index (Phi) is 8.62. The highest BCUT2D eigenvalue weighted by Crippen LogP contribution is 2.23. The number of hydrogen-bond donors (Lipinski definition) is 1. The minimum atomic E-state index is 0. The number of amides is 1. The number of nitrogens with zero attached hydrogens (tertiary/aromatic N) is 1. The standard InChI is InChI=1S/C14H21ClN2O2.ClH/c1-10(16)4-7-14(18)17(2)9-11-8-12(15)5-6-13(11)19-3;/h5-6,8,10H,4,7,9,16H2,1-3H3;1H. The van der Waals surface area contributed by atoms with Crippen molar-refractivity contribution in [1.82, 2.24) is 4.90 Å². The van der Waals surface area contributed by atoms with Crippen molar-refractivity contribution in [2.45, 2.75) is 32.4 Å². The quantitative estimate of drug-likeness (QED) is 0.876. The molecule has 0 aliphatic rings. The fraction of sp³-hybridized carbons (Fsp3) is 0.500. The van der Waals surface area contributed by atoms with Crippen molar-refractivity contribution in [2.75, 3.05) is 14.2 Å². The molecule has 0 aliphatic carbocycles. The molecule has 0 aliphatic heterocycles. The lowest BCUT2D eigenvalue weighted by atomic mass is 10.1. The Morgan fingerprint density at radius 3 is 2.70 bits per heavy atom. The van der Waals surface area contributed by atoms with Crippen LogP contribution in [0.1, 0.15) is 25.3 Å². The van der Waals surface area contributed by atoms with E-state index in [-0.39, 0.29) is 24.4 Å². The van der Waals surface area contributed by atoms with Gasteiger partial charge in [-0.3, -0.25) is 4.79 Å². The lowest BCUT2D eigenvalue weighted by molar-refractivity contribution is -0.130. The van der Waals surface area contributed by atoms with Crippen molar-refractivity contribution >= 4 is 29.9 Å². The van der Waals surface area contributed by atoms with E-state index in [9.17, 15) is 4.79 Å². The second-order valence-electron chi connectivity index (χ2n) is 4.72. The first-order valence-corrected chi connectivity index (χ1v) is 6.63. The molecule has 1 aromatic carbocycles. The van der Waals surface area contributed by atoms with E-state index in [2.05, 4.69) is 0 Å². The second kappa shape index (κ2) is 9.06. The number of carbonyl (C=O) groups is 1. The lowest BCUT2D eigenvalue weighted by Crippen LogP contribution is -2.28. The first kappa shape index (κ1) is 19.0. The third kappa shape index (κ3) is 5.99. The highest BCUT2D eigenvalue weighted by atomic mass is 35.5. The average molecular weight is 321 g/mol. The molecule has 0 saturated heterocycles. The van der Waals surface area contributed by atoms with Crippen molar-refractivity contribution in [2.24, 2.45) is 5.73 Å². The molecule has 0 aromatic heterocycles. The Morgan fingerprint density at radius 2 is 2.15 bits per heavy atom. The maximum absolute atomic E-state index is 11.9. The van der Waals surface area contributed by atoms with Gasteiger partial charge in [-0.2, -0.15) is 0 Å². The molecule has 0 fully saturated rings. The van der Waals surface area contributed by atoms with E-state index < -0.39 is 0 Å². The van der Waals surface area contributed by atoms with Crippen molar-refractivity contribution in [3.8, 4) is 5.75 Å². The minimum Gasteiger partial charge on any atom is -0.496 e. The molecule has 0 heterocycles. The lowest BCUT2D eigenvalue weighted by Gasteiger charge is -2.19. The van der Waals surface area contributed by atoms with E-state index in [0.717, 1.165) is 11.3 Å². The zero-order chi connectivity index (χ0) is 14.4. The van der Waals surface area contributed by atoms with Crippen LogP contribution in [0.15, 0.2) is 18.2 Å². The van der Waals surface area contributed by atoms with Gasteiger partial charge in [0.1, 0.15) is 5.75 Å². The molecule has 114 valence electrons. The summed E-state index contributed by atoms with van der Waals surface area (Å²) in [6, 6.07) is 5.42. The summed E-state index contributed by atoms with van der Waals surface area (Å²) in [6.07, 6.45) is 1.15. The number of rotatable bonds is 6. The number of ether oxygens (including phenoxy) is 1. The average Bonchev–Trinajstić information content (AvgIpc) is 2.36. The van der Waals surface area contributed by atoms with Gasteiger partial charge in [-0.15, -0.1) is 12.4 Å². The van der Waals surface area contributed by atoms with Crippen LogP contribution in [0.2, 0.25) is 5.02 Å². The number of nitrogens with two attached hydrogens (primary N) is 1. The SMILES string of the molecule is COc1ccc(Cl)cc1CN(C)C(=O)CCC(C)N.Cl. The molecule has 1 unspecified atom stereocenters. The van der Waals surface area contributed by atoms with E-state index in [1.807, 2.05) is 13.0 Å². The Hall–Kier alpha value is -0.970. The van der Waals surface area contributed by atoms with Crippen LogP contribution in [-0.4, -0.2) is 31.0 Å². The highest BCUT2D eigenvalue weighted by Gasteiger charge is 2.13. The van der Waals surface area contributed by atoms with Gasteiger partial charge < -0.3 is 15.4 Å². The maximum atomic E-state index is 11.9. The molecular formula is C14H22Cl2N2O2. The summed E-state index contributed by atoms with van der Waals surface area (Å²) >= 11 is 5.96. The summed E-state index contributed by atoms with van der Waals surface area (Å²) in [7, 11) is 3.37. The van der Waals surface area contributed by atoms with Gasteiger partial charge in [0.2, 0.25) is 5.91 Å². The summed E-state index contributed by atoms with van der Waals surface area (Å²) in [5, 5.41) is 0.632. The predicted molar refractivity (Wildman–Crippen MR) is 84.6 cm³/mol. The number of methoxy groups -OCH3 is 1. The second-order valence-corrected chi connectivity index (χ2v) is 5.16. The molecule has 0 bridgehead atoms. The largest absolute Gasteiger partial charge is 0.496 e. The summed E-state index contributed by atoms with van der Waals surface area (Å²) in [5.41, 5.74) is 6.55. The molecule has 1 rings (SSSR count). The summed E-state index contributed by atoms with van der Waals surface area (Å²) < 4.78 is 5.26. The van der Waals surface area contributed by atoms with Crippen LogP contribution in [-0.2, 0) is 11.3 Å². The third-order valence-corrected chi connectivity index (χ3v) is 3.12. The number of hydrogen-bond acceptors (Lipinski definition) is 3. The molecule has 1 aromatic rings. The Bertz CT molecular complexity index is 439. The third-order valence-electron chi connectivity index (χ3n) is 2.89. The fourth-order valence-electron chi connectivity index (χ4n) is 1.76. The van der Waals surface area contributed by atoms with Crippen LogP contribution in [0.25, 0.3) is 0 Å². The number of carbonyl (C=O) groups excluding carboxylic acids is 1. The van der Waals surface area contributed by atoms with E-state index >= 15 is 0 Å². The first-order chi connectivity index (χ1) is 8.93. The Balaban J connectivity index is 0.00000361. The Labute approximate surface area is 131 Å². The van der Waals surface area contributed by atoms with Crippen LogP contribution >= 0.6 is 24.0 Å². The van der Waals surface area contributed by atoms with Gasteiger partial charge in [0, 0.05) is 36.6 Å². The maximum Gasteiger partial charge on any atom is 0.222 e. The number of halogens is 2. The summed E-state index contributed by atoms with van der Waals surface area (Å²) in [5.74, 6) is 0.801. The molecule has 2 N–H and O–H groups in total. The van der Waals surface area contributed by atoms with Crippen LogP contribution < -0.4 is 10.5 Å². The normalized spacial score (nSPS) is 11.4. The van der Waals surface area contributed by atoms with Crippen molar-refractivity contribution in [3.63, 3.8) is 0 Å². The van der Waals surface area contributed by atoms with E-state index in [1.165, 1.54) is 0 Å². The van der Waals surface area contributed by atoms with Crippen molar-refractivity contribution in [3.05, 3.63) is 28.8 Å². The van der Waals surface area contributed by atoms with E-state index in [1.54, 1.807) is 31.2 Å². The first-order valence-electron chi connectivity index (χ1n) is 6.26. The van der Waals surface area contributed by atoms with Gasteiger partial charge in [0.15, 0.2) is 0 Å². The summed E-state index contributed by atoms with van der Waals surface area (Å²) in [6.45, 7) is 2.37. The zero-order valence-corrected chi connectivity index (χ0v) is 13.6. The van der Waals surface area contributed by atoms with Gasteiger partial charge >= 0.3 is 0 Å². The fourth-order valence-corrected chi connectivity index (χ4v) is 1.95. The molecule has 1 amide bonds. The summed E-state index contributed by atoms with van der Waals surface area (Å²) in [4.78, 5) is 13.6. The van der Waals surface area contributed by atoms with Crippen LogP contribution in [0.5, 0.6) is 5.75 Å². The molecule has 20 heavy (non-hydrogen) atoms. The van der Waals surface area contributed by atoms with Crippen LogP contribution in [0, 0.1) is 0 Å². The van der Waals surface area contributed by atoms with Gasteiger partial charge in [-0.25, -0.2) is 0 Å². The zero-order valence-electron chi connectivity index (χ0n) is 12.1. The molecule has 6 heteroatoms. The Morgan fingerprint density at radius 1 is 1.50 bits per heavy atom. The van der Waals surface area contributed by atoms with Gasteiger partial charge in [0.25, 0.3) is 0 Å². The monoisotopic (exact) mass is 320 g/mol. The van der Waals surface area contributed by atoms with E-state index in [0.29, 0.717) is 24.4 Å². The van der Waals surface area contributed by atoms with Gasteiger partial charge in [0.05, 0.1) is 7.11 Å². The molecule has 0 radical (unpaired) electrons. The van der Waals surface area contributed by atoms with Crippen LogP contribution in [0.4, 0.5) is 0 Å². The molecule has 1 atom stereocenters. The smallest absolute Gasteiger partial charge is 0.222 e. The molecule has 0 spiro atoms. The minimum absolute atomic E-state index is 0. The highest BCUT2D eigenvalue weighted by molar-refractivity contribution is 6.30. The van der Waals surface area contributed by atoms with Gasteiger partial charge in [-0.05, 0) is 31.5 Å². The predicted octanol–water partition coefficient (Wildman–Crippen LogP) is 2.86. The van der Waals surface area contributed by atoms with Gasteiger partial charge in [-0.1, -0.05) is 11.6 Å². The van der Waals surface area contributed by atoms with E-state index in [4.69, 9.17) is 22.1 Å². The topological polar surface area (TPSA) is 55.6 Å². The molecular weight excluding hydrogens is 299 g/mol. The number of benzene rings is 1. The van der Waals surface area contributed by atoms with Crippen LogP contribution in [0.3, 0.4) is 0 Å². The molecule has 4 nitrogen and oxygen atoms in total. The van der Waals surface area contributed by atoms with Crippen molar-refractivity contribution in [1.29, 1.82) is 0 Å².